The number of aryl methyl sites for hydroxylation is 27. The predicted octanol–water partition coefficient (Wildman–Crippen LogP) is 42.1. The zero-order valence-corrected chi connectivity index (χ0v) is 102. The summed E-state index contributed by atoms with van der Waals surface area (Å²) in [6.45, 7) is 136. The fraction of sp³-hybridized carbons (Fsp3) is 0.446. The zero-order valence-electron chi connectivity index (χ0n) is 102. The van der Waals surface area contributed by atoms with Crippen molar-refractivity contribution < 1.29 is 0 Å². The number of hydrogen-bond donors (Lipinski definition) is 0. The second-order valence-electron chi connectivity index (χ2n) is 55.5. The second kappa shape index (κ2) is 28.6. The van der Waals surface area contributed by atoms with E-state index in [-0.39, 0.29) is 54.1 Å². The fourth-order valence-electron chi connectivity index (χ4n) is 38.3. The Morgan fingerprint density at radius 1 is 0.0676 bits per heavy atom. The Bertz CT molecular complexity index is 9880. The van der Waals surface area contributed by atoms with E-state index in [4.69, 9.17) is 0 Å². The predicted molar refractivity (Wildman–Crippen MR) is 658 cm³/mol. The second-order valence-corrected chi connectivity index (χ2v) is 55.5. The molecule has 760 valence electrons. The summed E-state index contributed by atoms with van der Waals surface area (Å²) in [7, 11) is 0. The van der Waals surface area contributed by atoms with Crippen molar-refractivity contribution in [1.82, 2.24) is 0 Å². The van der Waals surface area contributed by atoms with Gasteiger partial charge in [-0.05, 0) is 735 Å². The molecule has 0 bridgehead atoms. The minimum Gasteiger partial charge on any atom is -0.0549 e. The fourth-order valence-corrected chi connectivity index (χ4v) is 38.3. The summed E-state index contributed by atoms with van der Waals surface area (Å²) >= 11 is 0. The van der Waals surface area contributed by atoms with Crippen LogP contribution in [0.5, 0.6) is 0 Å². The standard InChI is InChI=1S/C39H42.C37H42.2C36H42/c1-15-16(2)25-22(8)26-19(5)18(4)24-20(6)21(7)34-32-30(24)29(26)31-28(25)27(17(15)3)23(9)35-33(31)36(32)39(14,37(34,10)11)38(35,12)13;1-15-17(3)24-20(6)21(7)26-27-19(5)16(2)22(8)32-30(27)34-31-29(26)28(24)25(18(15)4)23(9)33(31)36(12,13)37(34,14)35(32,10)11;2*1-15-16(2)18(4)28-26(17(15)3)23(9)27-24(10)34-32-31-25(19(5)20(6)29(28)30(27)31)21(7)22(8)33(32)35(11,12)36(34,13)14/h1-14H3;1-14H3;2*1-14H3. The van der Waals surface area contributed by atoms with Crippen molar-refractivity contribution in [3.63, 3.8) is 0 Å². The van der Waals surface area contributed by atoms with Crippen LogP contribution in [0.15, 0.2) is 0 Å². The van der Waals surface area contributed by atoms with E-state index in [1.165, 1.54) is 319 Å². The number of rotatable bonds is 0. The smallest absolute Gasteiger partial charge is 0.0121 e. The third-order valence-corrected chi connectivity index (χ3v) is 49.6. The van der Waals surface area contributed by atoms with E-state index in [0.717, 1.165) is 0 Å². The Balaban J connectivity index is 0.000000105. The topological polar surface area (TPSA) is 0 Å². The lowest BCUT2D eigenvalue weighted by Gasteiger charge is -2.49. The van der Waals surface area contributed by atoms with E-state index in [0.29, 0.717) is 0 Å². The van der Waals surface area contributed by atoms with Gasteiger partial charge in [-0.15, -0.1) is 0 Å². The molecular formula is C148H168. The van der Waals surface area contributed by atoms with Crippen molar-refractivity contribution in [2.75, 3.05) is 0 Å². The molecular weight excluding hydrogens is 1780 g/mol. The molecule has 0 saturated heterocycles. The van der Waals surface area contributed by atoms with Gasteiger partial charge >= 0.3 is 0 Å². The van der Waals surface area contributed by atoms with Gasteiger partial charge < -0.3 is 0 Å². The molecule has 6 aliphatic rings. The number of benzene rings is 21. The maximum absolute atomic E-state index is 2.62. The first-order valence-corrected chi connectivity index (χ1v) is 56.8. The molecule has 0 aliphatic heterocycles. The molecule has 0 amide bonds. The summed E-state index contributed by atoms with van der Waals surface area (Å²) in [6.07, 6.45) is 0. The largest absolute Gasteiger partial charge is 0.0549 e. The quantitative estimate of drug-likeness (QED) is 0.105. The zero-order chi connectivity index (χ0) is 108. The highest BCUT2D eigenvalue weighted by molar-refractivity contribution is 6.44. The summed E-state index contributed by atoms with van der Waals surface area (Å²) in [4.78, 5) is 0. The molecule has 21 aromatic carbocycles. The van der Waals surface area contributed by atoms with Crippen molar-refractivity contribution in [1.29, 1.82) is 0 Å². The Morgan fingerprint density at radius 2 is 0.162 bits per heavy atom. The van der Waals surface area contributed by atoms with Gasteiger partial charge in [-0.2, -0.15) is 0 Å². The Kier molecular flexibility index (Phi) is 19.2. The first-order valence-electron chi connectivity index (χ1n) is 56.8. The SMILES string of the molecule is Cc1c(C)c(C)c2c(c1C)c(C)c1c(C)c3c4c(c(C)c(C)c5c(C)c(C)c2c1c54)C(C)(C)C3(C)C.Cc1c(C)c(C)c2c(c1C)c(C)c1c(C)c3c4c(c(C)c(C)c5c(C)c(C)c2c1c54)C(C)(C)C3(C)C.Cc1c(C)c(C)c2c3c1C(C)(C)C1(C)c3c3c(c(C)c4c(C)c(C)c(C)c5c(C)c(C)c2c3c45)C1(C)C.Cc1c(C)c2c(C)c3c4c5c6c(c(C)c(C)c7c(C)c(C)c8c(C)c(c1C)c2c4c8c76)C(C)(C)C5(C)C3(C)C. The molecule has 0 fully saturated rings. The van der Waals surface area contributed by atoms with E-state index in [1.807, 2.05) is 0 Å². The van der Waals surface area contributed by atoms with Crippen LogP contribution in [0.25, 0.3) is 183 Å². The lowest BCUT2D eigenvalue weighted by Crippen LogP contribution is -2.50. The molecule has 27 rings (SSSR count). The van der Waals surface area contributed by atoms with Crippen LogP contribution in [0.2, 0.25) is 0 Å². The van der Waals surface area contributed by atoms with E-state index >= 15 is 0 Å². The Morgan fingerprint density at radius 3 is 0.412 bits per heavy atom. The van der Waals surface area contributed by atoms with Gasteiger partial charge in [0, 0.05) is 32.5 Å². The van der Waals surface area contributed by atoms with Gasteiger partial charge in [0.25, 0.3) is 0 Å². The monoisotopic (exact) mass is 1950 g/mol. The van der Waals surface area contributed by atoms with E-state index in [2.05, 4.69) is 388 Å². The highest BCUT2D eigenvalue weighted by Gasteiger charge is 2.67. The van der Waals surface area contributed by atoms with Crippen molar-refractivity contribution in [3.8, 4) is 0 Å². The van der Waals surface area contributed by atoms with E-state index < -0.39 is 0 Å². The van der Waals surface area contributed by atoms with Crippen LogP contribution >= 0.6 is 0 Å². The minimum absolute atomic E-state index is 0.00945. The van der Waals surface area contributed by atoms with Gasteiger partial charge in [0.05, 0.1) is 0 Å². The van der Waals surface area contributed by atoms with Gasteiger partial charge in [0.2, 0.25) is 0 Å². The van der Waals surface area contributed by atoms with Crippen LogP contribution in [-0.2, 0) is 54.1 Å². The van der Waals surface area contributed by atoms with Gasteiger partial charge in [0.1, 0.15) is 0 Å². The lowest BCUT2D eigenvalue weighted by molar-refractivity contribution is 0.185. The van der Waals surface area contributed by atoms with Gasteiger partial charge in [-0.25, -0.2) is 0 Å². The molecule has 0 nitrogen and oxygen atoms in total. The molecule has 2 atom stereocenters. The first-order chi connectivity index (χ1) is 68.3. The van der Waals surface area contributed by atoms with Crippen molar-refractivity contribution >= 4 is 183 Å². The lowest BCUT2D eigenvalue weighted by atomic mass is 9.53. The normalized spacial score (nSPS) is 18.9. The summed E-state index contributed by atoms with van der Waals surface area (Å²) in [5.74, 6) is 0. The molecule has 21 aromatic rings. The highest BCUT2D eigenvalue weighted by Crippen LogP contribution is 2.76. The van der Waals surface area contributed by atoms with E-state index in [1.54, 1.807) is 131 Å². The molecule has 0 heterocycles. The van der Waals surface area contributed by atoms with Crippen LogP contribution in [0.3, 0.4) is 0 Å². The highest BCUT2D eigenvalue weighted by atomic mass is 14.7. The third kappa shape index (κ3) is 9.80. The average molecular weight is 1950 g/mol. The molecule has 0 spiro atoms. The van der Waals surface area contributed by atoms with Crippen LogP contribution in [-0.4, -0.2) is 0 Å². The van der Waals surface area contributed by atoms with Crippen molar-refractivity contribution in [2.24, 2.45) is 0 Å². The maximum Gasteiger partial charge on any atom is 0.0121 e. The van der Waals surface area contributed by atoms with Gasteiger partial charge in [0.15, 0.2) is 0 Å². The van der Waals surface area contributed by atoms with E-state index in [9.17, 15) is 0 Å². The molecule has 148 heavy (non-hydrogen) atoms. The first kappa shape index (κ1) is 99.3. The minimum atomic E-state index is 0.00945. The Labute approximate surface area is 885 Å². The molecule has 0 aromatic heterocycles. The molecule has 0 saturated carbocycles. The number of fused-ring (bicyclic) bond motifs is 5. The van der Waals surface area contributed by atoms with Crippen molar-refractivity contribution in [2.45, 2.75) is 442 Å². The van der Waals surface area contributed by atoms with Crippen LogP contribution in [0.4, 0.5) is 0 Å². The molecule has 0 N–H and O–H groups in total. The average Bonchev–Trinajstić information content (AvgIpc) is 1.45. The number of hydrogen-bond acceptors (Lipinski definition) is 0. The molecule has 0 heteroatoms. The Hall–Kier alpha value is -10.7. The summed E-state index contributed by atoms with van der Waals surface area (Å²) in [5, 5.41) is 52.3. The molecule has 6 aliphatic carbocycles. The van der Waals surface area contributed by atoms with Crippen LogP contribution in [0.1, 0.15) is 392 Å². The van der Waals surface area contributed by atoms with Crippen LogP contribution in [0, 0.1) is 263 Å². The molecule has 2 unspecified atom stereocenters. The van der Waals surface area contributed by atoms with Crippen molar-refractivity contribution in [3.05, 3.63) is 267 Å². The van der Waals surface area contributed by atoms with Gasteiger partial charge in [-0.3, -0.25) is 0 Å². The molecule has 0 radical (unpaired) electrons. The van der Waals surface area contributed by atoms with Crippen LogP contribution < -0.4 is 0 Å². The summed E-state index contributed by atoms with van der Waals surface area (Å²) in [6, 6.07) is 0. The summed E-state index contributed by atoms with van der Waals surface area (Å²) < 4.78 is 0. The maximum atomic E-state index is 2.62. The third-order valence-electron chi connectivity index (χ3n) is 49.6. The summed E-state index contributed by atoms with van der Waals surface area (Å²) in [5.41, 5.74) is 72.7. The van der Waals surface area contributed by atoms with Gasteiger partial charge in [-0.1, -0.05) is 125 Å².